The Labute approximate surface area is 326 Å². The molecule has 25 heteroatoms. The molecular weight excluding hydrogens is 692 g/mol. The predicted molar refractivity (Wildman–Crippen MR) is 117 cm³/mol. The van der Waals surface area contributed by atoms with Crippen molar-refractivity contribution in [3.63, 3.8) is 0 Å². The minimum Gasteiger partial charge on any atom is -0.744 e. The quantitative estimate of drug-likeness (QED) is 0.104. The fraction of sp³-hybridized carbons (Fsp3) is 0. The Morgan fingerprint density at radius 3 is 1.50 bits per heavy atom. The number of fused-ring (bicyclic) bond motifs is 1. The van der Waals surface area contributed by atoms with Crippen molar-refractivity contribution < 1.29 is 180 Å². The summed E-state index contributed by atoms with van der Waals surface area (Å²) in [7, 11) is -22.1. The van der Waals surface area contributed by atoms with Gasteiger partial charge in [0.1, 0.15) is 40.5 Å². The van der Waals surface area contributed by atoms with Gasteiger partial charge in [0, 0.05) is 17.5 Å². The van der Waals surface area contributed by atoms with Crippen molar-refractivity contribution in [1.29, 1.82) is 0 Å². The fourth-order valence-corrected chi connectivity index (χ4v) is 5.80. The Morgan fingerprint density at radius 2 is 1.10 bits per heavy atom. The maximum absolute atomic E-state index is 12.9. The van der Waals surface area contributed by atoms with Gasteiger partial charge >= 0.3 is 118 Å². The summed E-state index contributed by atoms with van der Waals surface area (Å²) in [4.78, 5) is 17.3. The Bertz CT molecular complexity index is 2000. The van der Waals surface area contributed by atoms with Crippen LogP contribution in [0.4, 0.5) is 11.4 Å². The molecular formula is C17H8N2Na4O15S4. The standard InChI is InChI=1S/C17H12N2O15S4.4Na/c20-17(12-2-1-9(19(21)22)5-14(12)37(29,30)31)18-13-6-10(35(23,24)25)3-8-4-11(36(26,27)28)7-15(16(8)13)38(32,33)34;;;;/h1-7H,(H,18,20)(H,23,24,25)(H,26,27,28)(H,29,30,31)(H,32,33,34);;;;/q;4*+1/p-4. The Kier molecular flexibility index (Phi) is 16.8. The third-order valence-corrected chi connectivity index (χ3v) is 8.11. The number of carbonyl (C=O) groups excluding carboxylic acids is 1. The van der Waals surface area contributed by atoms with Crippen molar-refractivity contribution in [2.45, 2.75) is 19.6 Å². The zero-order valence-electron chi connectivity index (χ0n) is 21.7. The third kappa shape index (κ3) is 10.5. The number of rotatable bonds is 7. The molecule has 0 heterocycles. The number of benzene rings is 3. The molecule has 0 aliphatic carbocycles. The molecule has 0 aliphatic rings. The van der Waals surface area contributed by atoms with E-state index in [0.29, 0.717) is 30.3 Å². The number of nitrogens with zero attached hydrogens (tertiary/aromatic N) is 1. The molecule has 1 N–H and O–H groups in total. The van der Waals surface area contributed by atoms with E-state index in [1.165, 1.54) is 0 Å². The minimum absolute atomic E-state index is 0. The van der Waals surface area contributed by atoms with Crippen LogP contribution in [0.5, 0.6) is 0 Å². The average Bonchev–Trinajstić information content (AvgIpc) is 2.75. The van der Waals surface area contributed by atoms with E-state index in [4.69, 9.17) is 0 Å². The van der Waals surface area contributed by atoms with Crippen LogP contribution < -0.4 is 124 Å². The fourth-order valence-electron chi connectivity index (χ4n) is 3.22. The molecule has 0 aliphatic heterocycles. The third-order valence-electron chi connectivity index (χ3n) is 4.74. The summed E-state index contributed by atoms with van der Waals surface area (Å²) >= 11 is 0. The van der Waals surface area contributed by atoms with Crippen molar-refractivity contribution >= 4 is 68.5 Å². The van der Waals surface area contributed by atoms with E-state index in [1.54, 1.807) is 5.32 Å². The molecule has 3 aromatic rings. The number of nitrogens with one attached hydrogen (secondary N) is 1. The van der Waals surface area contributed by atoms with Crippen molar-refractivity contribution in [2.75, 3.05) is 5.32 Å². The van der Waals surface area contributed by atoms with E-state index in [1.807, 2.05) is 0 Å². The number of nitro groups is 1. The van der Waals surface area contributed by atoms with E-state index in [9.17, 15) is 66.8 Å². The van der Waals surface area contributed by atoms with E-state index in [-0.39, 0.29) is 130 Å². The summed E-state index contributed by atoms with van der Waals surface area (Å²) < 4.78 is 140. The Morgan fingerprint density at radius 1 is 0.643 bits per heavy atom. The van der Waals surface area contributed by atoms with Gasteiger partial charge in [-0.25, -0.2) is 33.7 Å². The van der Waals surface area contributed by atoms with Crippen LogP contribution in [-0.2, 0) is 40.5 Å². The first-order valence-corrected chi connectivity index (χ1v) is 14.8. The molecule has 0 saturated heterocycles. The van der Waals surface area contributed by atoms with Crippen LogP contribution in [0.15, 0.2) is 62.0 Å². The maximum atomic E-state index is 12.9. The number of carbonyl (C=O) groups is 1. The molecule has 0 spiro atoms. The molecule has 0 saturated carbocycles. The predicted octanol–water partition coefficient (Wildman–Crippen LogP) is -12.4. The second-order valence-corrected chi connectivity index (χ2v) is 12.7. The number of hydrogen-bond donors (Lipinski definition) is 1. The van der Waals surface area contributed by atoms with E-state index >= 15 is 0 Å². The zero-order chi connectivity index (χ0) is 29.0. The Balaban J connectivity index is 0. The summed E-state index contributed by atoms with van der Waals surface area (Å²) in [6.45, 7) is 0. The van der Waals surface area contributed by atoms with Crippen LogP contribution in [0.25, 0.3) is 10.8 Å². The summed E-state index contributed by atoms with van der Waals surface area (Å²) in [6.07, 6.45) is 0. The second kappa shape index (κ2) is 15.8. The molecule has 0 atom stereocenters. The van der Waals surface area contributed by atoms with Gasteiger partial charge in [0.2, 0.25) is 0 Å². The molecule has 0 unspecified atom stereocenters. The smallest absolute Gasteiger partial charge is 0.744 e. The van der Waals surface area contributed by atoms with Gasteiger partial charge in [0.05, 0.1) is 35.8 Å². The first-order chi connectivity index (χ1) is 17.1. The van der Waals surface area contributed by atoms with Gasteiger partial charge in [0.25, 0.3) is 11.6 Å². The van der Waals surface area contributed by atoms with E-state index in [0.717, 1.165) is 0 Å². The second-order valence-electron chi connectivity index (χ2n) is 7.20. The molecule has 0 fully saturated rings. The van der Waals surface area contributed by atoms with Crippen molar-refractivity contribution in [3.8, 4) is 0 Å². The first-order valence-electron chi connectivity index (χ1n) is 9.16. The SMILES string of the molecule is O=C(Nc1cc(S(=O)(=O)[O-])cc2cc(S(=O)(=O)[O-])cc(S(=O)(=O)[O-])c12)c1ccc([N+](=O)[O-])cc1S(=O)(=O)[O-].[Na+].[Na+].[Na+].[Na+]. The van der Waals surface area contributed by atoms with Crippen LogP contribution in [0.3, 0.4) is 0 Å². The largest absolute Gasteiger partial charge is 1.00 e. The van der Waals surface area contributed by atoms with Crippen LogP contribution >= 0.6 is 0 Å². The van der Waals surface area contributed by atoms with Gasteiger partial charge in [-0.05, 0) is 35.7 Å². The van der Waals surface area contributed by atoms with Crippen LogP contribution in [0.1, 0.15) is 10.4 Å². The molecule has 1 amide bonds. The zero-order valence-corrected chi connectivity index (χ0v) is 33.0. The minimum atomic E-state index is -5.68. The molecule has 0 radical (unpaired) electrons. The molecule has 3 rings (SSSR count). The molecule has 42 heavy (non-hydrogen) atoms. The van der Waals surface area contributed by atoms with Gasteiger partial charge in [0.15, 0.2) is 0 Å². The number of hydrogen-bond acceptors (Lipinski definition) is 15. The van der Waals surface area contributed by atoms with E-state index < -0.39 is 98.6 Å². The van der Waals surface area contributed by atoms with Crippen LogP contribution in [-0.4, -0.2) is 62.7 Å². The van der Waals surface area contributed by atoms with Crippen molar-refractivity contribution in [1.82, 2.24) is 0 Å². The van der Waals surface area contributed by atoms with Gasteiger partial charge in [-0.3, -0.25) is 14.9 Å². The monoisotopic (exact) mass is 700 g/mol. The number of nitro benzene ring substituents is 1. The molecule has 204 valence electrons. The number of anilines is 1. The normalized spacial score (nSPS) is 11.6. The number of amides is 1. The van der Waals surface area contributed by atoms with Gasteiger partial charge in [-0.1, -0.05) is 0 Å². The van der Waals surface area contributed by atoms with Crippen LogP contribution in [0.2, 0.25) is 0 Å². The molecule has 17 nitrogen and oxygen atoms in total. The Hall–Kier alpha value is 0.430. The maximum Gasteiger partial charge on any atom is 1.00 e. The number of non-ortho nitro benzene ring substituents is 1. The molecule has 0 bridgehead atoms. The summed E-state index contributed by atoms with van der Waals surface area (Å²) in [5, 5.41) is 11.0. The van der Waals surface area contributed by atoms with Crippen molar-refractivity contribution in [3.05, 3.63) is 58.1 Å². The summed E-state index contributed by atoms with van der Waals surface area (Å²) in [6, 6.07) is 2.59. The first kappa shape index (κ1) is 44.6. The topological polar surface area (TPSA) is 301 Å². The van der Waals surface area contributed by atoms with Crippen molar-refractivity contribution in [2.24, 2.45) is 0 Å². The van der Waals surface area contributed by atoms with Gasteiger partial charge in [-0.2, -0.15) is 0 Å². The van der Waals surface area contributed by atoms with Crippen LogP contribution in [0, 0.1) is 10.1 Å². The van der Waals surface area contributed by atoms with Gasteiger partial charge < -0.3 is 23.5 Å². The summed E-state index contributed by atoms with van der Waals surface area (Å²) in [5.41, 5.74) is -2.97. The molecule has 0 aromatic heterocycles. The molecule has 3 aromatic carbocycles. The summed E-state index contributed by atoms with van der Waals surface area (Å²) in [5.74, 6) is -1.62. The van der Waals surface area contributed by atoms with Gasteiger partial charge in [-0.15, -0.1) is 0 Å². The average molecular weight is 700 g/mol. The van der Waals surface area contributed by atoms with E-state index in [2.05, 4.69) is 0 Å².